The summed E-state index contributed by atoms with van der Waals surface area (Å²) in [6.07, 6.45) is 0. The highest BCUT2D eigenvalue weighted by atomic mass is 32.2. The Labute approximate surface area is 152 Å². The van der Waals surface area contributed by atoms with Crippen LogP contribution >= 0.6 is 11.8 Å². The van der Waals surface area contributed by atoms with Crippen molar-refractivity contribution in [3.8, 4) is 5.75 Å². The van der Waals surface area contributed by atoms with Gasteiger partial charge in [0.15, 0.2) is 0 Å². The first-order chi connectivity index (χ1) is 12.2. The second-order valence-corrected chi connectivity index (χ2v) is 7.10. The lowest BCUT2D eigenvalue weighted by molar-refractivity contribution is -0.120. The molecular weight excluding hydrogens is 330 g/mol. The number of carbonyl (C=O) groups is 1. The number of hydrogen-bond donors (Lipinski definition) is 1. The van der Waals surface area contributed by atoms with Gasteiger partial charge in [-0.3, -0.25) is 4.79 Å². The van der Waals surface area contributed by atoms with Crippen LogP contribution in [0.5, 0.6) is 5.75 Å². The van der Waals surface area contributed by atoms with Crippen LogP contribution in [0.25, 0.3) is 10.8 Å². The highest BCUT2D eigenvalue weighted by molar-refractivity contribution is 8.00. The Balaban J connectivity index is 1.47. The van der Waals surface area contributed by atoms with Crippen LogP contribution in [-0.4, -0.2) is 24.3 Å². The minimum absolute atomic E-state index is 0.0235. The highest BCUT2D eigenvalue weighted by Crippen LogP contribution is 2.25. The van der Waals surface area contributed by atoms with Crippen LogP contribution in [0, 0.1) is 0 Å². The maximum atomic E-state index is 12.2. The number of amides is 1. The fraction of sp³-hybridized carbons (Fsp3) is 0.190. The predicted molar refractivity (Wildman–Crippen MR) is 104 cm³/mol. The van der Waals surface area contributed by atoms with Crippen molar-refractivity contribution < 1.29 is 9.53 Å². The first-order valence-electron chi connectivity index (χ1n) is 8.34. The molecule has 3 aromatic carbocycles. The van der Waals surface area contributed by atoms with Crippen molar-refractivity contribution in [3.63, 3.8) is 0 Å². The third kappa shape index (κ3) is 4.77. The van der Waals surface area contributed by atoms with Gasteiger partial charge in [0.05, 0.1) is 11.8 Å². The van der Waals surface area contributed by atoms with E-state index in [1.165, 1.54) is 0 Å². The molecule has 0 bridgehead atoms. The second-order valence-electron chi connectivity index (χ2n) is 5.69. The van der Waals surface area contributed by atoms with Crippen molar-refractivity contribution >= 4 is 28.4 Å². The number of hydrogen-bond acceptors (Lipinski definition) is 3. The smallest absolute Gasteiger partial charge is 0.233 e. The largest absolute Gasteiger partial charge is 0.491 e. The van der Waals surface area contributed by atoms with Crippen molar-refractivity contribution in [1.29, 1.82) is 0 Å². The van der Waals surface area contributed by atoms with Gasteiger partial charge in [0.25, 0.3) is 0 Å². The number of carbonyl (C=O) groups excluding carboxylic acids is 1. The monoisotopic (exact) mass is 351 g/mol. The van der Waals surface area contributed by atoms with E-state index < -0.39 is 0 Å². The molecule has 128 valence electrons. The Morgan fingerprint density at radius 2 is 1.72 bits per heavy atom. The van der Waals surface area contributed by atoms with E-state index in [0.29, 0.717) is 13.2 Å². The van der Waals surface area contributed by atoms with Gasteiger partial charge in [0, 0.05) is 10.3 Å². The Kier molecular flexibility index (Phi) is 5.96. The molecule has 0 aliphatic carbocycles. The van der Waals surface area contributed by atoms with Crippen LogP contribution in [0.3, 0.4) is 0 Å². The molecule has 0 radical (unpaired) electrons. The summed E-state index contributed by atoms with van der Waals surface area (Å²) in [5.74, 6) is 0.870. The third-order valence-electron chi connectivity index (χ3n) is 3.83. The van der Waals surface area contributed by atoms with E-state index in [9.17, 15) is 4.79 Å². The summed E-state index contributed by atoms with van der Waals surface area (Å²) in [5.41, 5.74) is 0. The molecule has 25 heavy (non-hydrogen) atoms. The van der Waals surface area contributed by atoms with E-state index in [-0.39, 0.29) is 11.2 Å². The van der Waals surface area contributed by atoms with Crippen LogP contribution < -0.4 is 10.1 Å². The minimum atomic E-state index is -0.139. The van der Waals surface area contributed by atoms with Crippen LogP contribution in [0.15, 0.2) is 77.7 Å². The Morgan fingerprint density at radius 3 is 2.56 bits per heavy atom. The molecule has 0 spiro atoms. The van der Waals surface area contributed by atoms with Gasteiger partial charge in [-0.1, -0.05) is 54.6 Å². The summed E-state index contributed by atoms with van der Waals surface area (Å²) in [7, 11) is 0. The predicted octanol–water partition coefficient (Wildman–Crippen LogP) is 4.52. The maximum Gasteiger partial charge on any atom is 0.233 e. The quantitative estimate of drug-likeness (QED) is 0.502. The molecule has 0 heterocycles. The Bertz CT molecular complexity index is 830. The number of nitrogens with one attached hydrogen (secondary N) is 1. The highest BCUT2D eigenvalue weighted by Gasteiger charge is 2.13. The molecule has 0 unspecified atom stereocenters. The average Bonchev–Trinajstić information content (AvgIpc) is 2.66. The molecular formula is C21H21NO2S. The van der Waals surface area contributed by atoms with E-state index in [1.54, 1.807) is 11.8 Å². The van der Waals surface area contributed by atoms with Crippen LogP contribution in [-0.2, 0) is 4.79 Å². The molecule has 3 aromatic rings. The number of fused-ring (bicyclic) bond motifs is 1. The van der Waals surface area contributed by atoms with Gasteiger partial charge in [-0.05, 0) is 30.5 Å². The molecule has 1 amide bonds. The maximum absolute atomic E-state index is 12.2. The van der Waals surface area contributed by atoms with Gasteiger partial charge >= 0.3 is 0 Å². The van der Waals surface area contributed by atoms with E-state index in [0.717, 1.165) is 21.4 Å². The third-order valence-corrected chi connectivity index (χ3v) is 4.95. The summed E-state index contributed by atoms with van der Waals surface area (Å²) >= 11 is 1.56. The van der Waals surface area contributed by atoms with Crippen LogP contribution in [0.2, 0.25) is 0 Å². The lowest BCUT2D eigenvalue weighted by Crippen LogP contribution is -2.33. The van der Waals surface area contributed by atoms with Gasteiger partial charge in [0.1, 0.15) is 12.4 Å². The van der Waals surface area contributed by atoms with Crippen LogP contribution in [0.1, 0.15) is 6.92 Å². The van der Waals surface area contributed by atoms with Gasteiger partial charge in [-0.15, -0.1) is 11.8 Å². The van der Waals surface area contributed by atoms with E-state index in [2.05, 4.69) is 17.4 Å². The minimum Gasteiger partial charge on any atom is -0.491 e. The average molecular weight is 351 g/mol. The first kappa shape index (κ1) is 17.4. The van der Waals surface area contributed by atoms with Gasteiger partial charge in [-0.2, -0.15) is 0 Å². The second kappa shape index (κ2) is 8.58. The van der Waals surface area contributed by atoms with E-state index in [1.807, 2.05) is 67.6 Å². The number of ether oxygens (including phenoxy) is 1. The molecule has 0 fully saturated rings. The summed E-state index contributed by atoms with van der Waals surface area (Å²) in [4.78, 5) is 13.3. The number of benzene rings is 3. The summed E-state index contributed by atoms with van der Waals surface area (Å²) < 4.78 is 5.85. The zero-order valence-corrected chi connectivity index (χ0v) is 15.0. The van der Waals surface area contributed by atoms with Crippen molar-refractivity contribution in [3.05, 3.63) is 72.8 Å². The van der Waals surface area contributed by atoms with Gasteiger partial charge in [-0.25, -0.2) is 0 Å². The zero-order chi connectivity index (χ0) is 17.5. The number of rotatable bonds is 7. The molecule has 0 saturated carbocycles. The normalized spacial score (nSPS) is 11.9. The van der Waals surface area contributed by atoms with Crippen molar-refractivity contribution in [1.82, 2.24) is 5.32 Å². The summed E-state index contributed by atoms with van der Waals surface area (Å²) in [6, 6.07) is 24.1. The Hall–Kier alpha value is -2.46. The molecule has 1 N–H and O–H groups in total. The van der Waals surface area contributed by atoms with Crippen molar-refractivity contribution in [2.45, 2.75) is 17.1 Å². The number of thioether (sulfide) groups is 1. The summed E-state index contributed by atoms with van der Waals surface area (Å²) in [6.45, 7) is 2.85. The topological polar surface area (TPSA) is 38.3 Å². The fourth-order valence-electron chi connectivity index (χ4n) is 2.56. The lowest BCUT2D eigenvalue weighted by Gasteiger charge is -2.13. The molecule has 3 nitrogen and oxygen atoms in total. The molecule has 1 atom stereocenters. The van der Waals surface area contributed by atoms with Gasteiger partial charge in [0.2, 0.25) is 5.91 Å². The van der Waals surface area contributed by atoms with Gasteiger partial charge < -0.3 is 10.1 Å². The SMILES string of the molecule is C[C@@H](Sc1ccccc1)C(=O)NCCOc1cccc2ccccc12. The Morgan fingerprint density at radius 1 is 1.00 bits per heavy atom. The molecule has 3 rings (SSSR count). The van der Waals surface area contributed by atoms with Crippen LogP contribution in [0.4, 0.5) is 0 Å². The molecule has 0 aliphatic rings. The lowest BCUT2D eigenvalue weighted by atomic mass is 10.1. The van der Waals surface area contributed by atoms with Crippen molar-refractivity contribution in [2.75, 3.05) is 13.2 Å². The summed E-state index contributed by atoms with van der Waals surface area (Å²) in [5, 5.41) is 5.03. The van der Waals surface area contributed by atoms with E-state index in [4.69, 9.17) is 4.74 Å². The molecule has 0 aromatic heterocycles. The molecule has 4 heteroatoms. The molecule has 0 saturated heterocycles. The van der Waals surface area contributed by atoms with Crippen molar-refractivity contribution in [2.24, 2.45) is 0 Å². The first-order valence-corrected chi connectivity index (χ1v) is 9.22. The van der Waals surface area contributed by atoms with E-state index >= 15 is 0 Å². The standard InChI is InChI=1S/C21H21NO2S/c1-16(25-18-10-3-2-4-11-18)21(23)22-14-15-24-20-13-7-9-17-8-5-6-12-19(17)20/h2-13,16H,14-15H2,1H3,(H,22,23)/t16-/m1/s1. The fourth-order valence-corrected chi connectivity index (χ4v) is 3.47. The molecule has 0 aliphatic heterocycles. The zero-order valence-electron chi connectivity index (χ0n) is 14.1.